The number of nitrogens with zero attached hydrogens (tertiary/aromatic N) is 3. The molecule has 3 heterocycles. The molecule has 1 spiro atoms. The van der Waals surface area contributed by atoms with Gasteiger partial charge in [-0.05, 0) is 37.4 Å². The molecule has 2 aliphatic rings. The second kappa shape index (κ2) is 7.64. The topological polar surface area (TPSA) is 37.7 Å². The maximum atomic E-state index is 13.0. The van der Waals surface area contributed by atoms with E-state index in [4.69, 9.17) is 4.74 Å². The molecule has 0 unspecified atom stereocenters. The first-order chi connectivity index (χ1) is 13.1. The van der Waals surface area contributed by atoms with E-state index in [0.717, 1.165) is 51.3 Å². The van der Waals surface area contributed by atoms with Gasteiger partial charge in [-0.2, -0.15) is 0 Å². The SMILES string of the molecule is COCCN1CCC[C@]2(CCN(C(=O)Cc3cn(C)c4ccccc34)C2)C1. The van der Waals surface area contributed by atoms with Crippen LogP contribution in [0.2, 0.25) is 0 Å². The molecule has 1 atom stereocenters. The van der Waals surface area contributed by atoms with Gasteiger partial charge in [-0.1, -0.05) is 18.2 Å². The highest BCUT2D eigenvalue weighted by Gasteiger charge is 2.42. The predicted molar refractivity (Wildman–Crippen MR) is 108 cm³/mol. The van der Waals surface area contributed by atoms with Crippen molar-refractivity contribution >= 4 is 16.8 Å². The second-order valence-corrected chi connectivity index (χ2v) is 8.40. The molecule has 2 saturated heterocycles. The minimum absolute atomic E-state index is 0.275. The third-order valence-corrected chi connectivity index (χ3v) is 6.46. The van der Waals surface area contributed by atoms with E-state index in [9.17, 15) is 4.79 Å². The van der Waals surface area contributed by atoms with E-state index in [1.807, 2.05) is 0 Å². The van der Waals surface area contributed by atoms with E-state index in [2.05, 4.69) is 51.9 Å². The van der Waals surface area contributed by atoms with E-state index in [0.29, 0.717) is 11.8 Å². The number of carbonyl (C=O) groups excluding carboxylic acids is 1. The maximum Gasteiger partial charge on any atom is 0.227 e. The summed E-state index contributed by atoms with van der Waals surface area (Å²) in [6, 6.07) is 8.34. The van der Waals surface area contributed by atoms with Gasteiger partial charge in [0.25, 0.3) is 0 Å². The molecule has 2 aliphatic heterocycles. The fourth-order valence-corrected chi connectivity index (χ4v) is 5.04. The molecule has 5 nitrogen and oxygen atoms in total. The summed E-state index contributed by atoms with van der Waals surface area (Å²) in [4.78, 5) is 17.7. The minimum Gasteiger partial charge on any atom is -0.383 e. The molecule has 146 valence electrons. The van der Waals surface area contributed by atoms with Crippen molar-refractivity contribution in [1.29, 1.82) is 0 Å². The van der Waals surface area contributed by atoms with E-state index in [-0.39, 0.29) is 5.91 Å². The van der Waals surface area contributed by atoms with Crippen LogP contribution in [-0.2, 0) is 23.0 Å². The van der Waals surface area contributed by atoms with Gasteiger partial charge >= 0.3 is 0 Å². The molecule has 0 N–H and O–H groups in total. The van der Waals surface area contributed by atoms with Gasteiger partial charge in [0.2, 0.25) is 5.91 Å². The van der Waals surface area contributed by atoms with Gasteiger partial charge in [-0.3, -0.25) is 4.79 Å². The fourth-order valence-electron chi connectivity index (χ4n) is 5.04. The highest BCUT2D eigenvalue weighted by molar-refractivity contribution is 5.89. The van der Waals surface area contributed by atoms with Gasteiger partial charge in [-0.15, -0.1) is 0 Å². The van der Waals surface area contributed by atoms with Crippen LogP contribution in [0.5, 0.6) is 0 Å². The van der Waals surface area contributed by atoms with E-state index in [1.54, 1.807) is 7.11 Å². The molecule has 0 bridgehead atoms. The minimum atomic E-state index is 0.275. The number of benzene rings is 1. The van der Waals surface area contributed by atoms with Crippen LogP contribution in [0, 0.1) is 5.41 Å². The molecular weight excluding hydrogens is 338 g/mol. The summed E-state index contributed by atoms with van der Waals surface area (Å²) in [6.45, 7) is 5.88. The van der Waals surface area contributed by atoms with Crippen molar-refractivity contribution in [2.24, 2.45) is 12.5 Å². The van der Waals surface area contributed by atoms with Crippen LogP contribution in [-0.4, -0.2) is 66.7 Å². The van der Waals surface area contributed by atoms with Crippen molar-refractivity contribution < 1.29 is 9.53 Å². The Morgan fingerprint density at radius 2 is 2.04 bits per heavy atom. The lowest BCUT2D eigenvalue weighted by molar-refractivity contribution is -0.130. The molecule has 0 aliphatic carbocycles. The van der Waals surface area contributed by atoms with Crippen molar-refractivity contribution in [2.75, 3.05) is 46.4 Å². The molecule has 2 aromatic rings. The first-order valence-electron chi connectivity index (χ1n) is 10.1. The summed E-state index contributed by atoms with van der Waals surface area (Å²) in [5.41, 5.74) is 2.63. The number of ether oxygens (including phenoxy) is 1. The summed E-state index contributed by atoms with van der Waals surface area (Å²) in [5, 5.41) is 1.20. The zero-order valence-corrected chi connectivity index (χ0v) is 16.6. The molecule has 5 heteroatoms. The standard InChI is InChI=1S/C22H31N3O2/c1-23-15-18(19-6-3-4-7-20(19)23)14-21(26)25-11-9-22(17-25)8-5-10-24(16-22)12-13-27-2/h3-4,6-7,15H,5,8-14,16-17H2,1-2H3/t22-/m0/s1. The van der Waals surface area contributed by atoms with E-state index < -0.39 is 0 Å². The highest BCUT2D eigenvalue weighted by atomic mass is 16.5. The summed E-state index contributed by atoms with van der Waals surface area (Å²) in [6.07, 6.45) is 6.23. The maximum absolute atomic E-state index is 13.0. The summed E-state index contributed by atoms with van der Waals surface area (Å²) in [5.74, 6) is 0.275. The van der Waals surface area contributed by atoms with Crippen molar-refractivity contribution in [3.63, 3.8) is 0 Å². The normalized spacial score (nSPS) is 23.6. The lowest BCUT2D eigenvalue weighted by Gasteiger charge is -2.40. The summed E-state index contributed by atoms with van der Waals surface area (Å²) < 4.78 is 7.37. The van der Waals surface area contributed by atoms with Crippen molar-refractivity contribution in [3.8, 4) is 0 Å². The number of aryl methyl sites for hydroxylation is 1. The Morgan fingerprint density at radius 1 is 1.19 bits per heavy atom. The van der Waals surface area contributed by atoms with Gasteiger partial charge in [0, 0.05) is 62.9 Å². The van der Waals surface area contributed by atoms with Gasteiger partial charge < -0.3 is 19.1 Å². The molecule has 0 radical (unpaired) electrons. The Kier molecular flexibility index (Phi) is 5.24. The number of methoxy groups -OCH3 is 1. The Bertz CT molecular complexity index is 815. The molecule has 4 rings (SSSR count). The van der Waals surface area contributed by atoms with Gasteiger partial charge in [0.15, 0.2) is 0 Å². The number of para-hydroxylation sites is 1. The molecule has 1 aromatic heterocycles. The number of piperidine rings is 1. The smallest absolute Gasteiger partial charge is 0.227 e. The van der Waals surface area contributed by atoms with Crippen LogP contribution in [0.3, 0.4) is 0 Å². The van der Waals surface area contributed by atoms with E-state index >= 15 is 0 Å². The Labute approximate surface area is 161 Å². The van der Waals surface area contributed by atoms with Crippen molar-refractivity contribution in [3.05, 3.63) is 36.0 Å². The van der Waals surface area contributed by atoms with Crippen LogP contribution >= 0.6 is 0 Å². The molecule has 2 fully saturated rings. The quantitative estimate of drug-likeness (QED) is 0.813. The van der Waals surface area contributed by atoms with E-state index in [1.165, 1.54) is 23.7 Å². The summed E-state index contributed by atoms with van der Waals surface area (Å²) >= 11 is 0. The lowest BCUT2D eigenvalue weighted by atomic mass is 9.79. The number of aromatic nitrogens is 1. The van der Waals surface area contributed by atoms with Crippen LogP contribution < -0.4 is 0 Å². The van der Waals surface area contributed by atoms with Gasteiger partial charge in [-0.25, -0.2) is 0 Å². The van der Waals surface area contributed by atoms with Crippen LogP contribution in [0.15, 0.2) is 30.5 Å². The zero-order valence-electron chi connectivity index (χ0n) is 16.6. The first-order valence-corrected chi connectivity index (χ1v) is 10.1. The van der Waals surface area contributed by atoms with Gasteiger partial charge in [0.05, 0.1) is 13.0 Å². The van der Waals surface area contributed by atoms with Crippen molar-refractivity contribution in [2.45, 2.75) is 25.7 Å². The van der Waals surface area contributed by atoms with Crippen LogP contribution in [0.4, 0.5) is 0 Å². The number of hydrogen-bond acceptors (Lipinski definition) is 3. The average Bonchev–Trinajstić information content (AvgIpc) is 3.22. The third-order valence-electron chi connectivity index (χ3n) is 6.46. The number of likely N-dealkylation sites (tertiary alicyclic amines) is 2. The monoisotopic (exact) mass is 369 g/mol. The van der Waals surface area contributed by atoms with Gasteiger partial charge in [0.1, 0.15) is 0 Å². The molecule has 1 amide bonds. The molecule has 0 saturated carbocycles. The Hall–Kier alpha value is -1.85. The zero-order chi connectivity index (χ0) is 18.9. The lowest BCUT2D eigenvalue weighted by Crippen LogP contribution is -2.46. The fraction of sp³-hybridized carbons (Fsp3) is 0.591. The Balaban J connectivity index is 1.42. The predicted octanol–water partition coefficient (Wildman–Crippen LogP) is 2.68. The molecular formula is C22H31N3O2. The first kappa shape index (κ1) is 18.5. The Morgan fingerprint density at radius 3 is 2.89 bits per heavy atom. The summed E-state index contributed by atoms with van der Waals surface area (Å²) in [7, 11) is 3.82. The molecule has 1 aromatic carbocycles. The number of rotatable bonds is 5. The average molecular weight is 370 g/mol. The highest BCUT2D eigenvalue weighted by Crippen LogP contribution is 2.39. The number of carbonyl (C=O) groups is 1. The number of fused-ring (bicyclic) bond motifs is 1. The number of amides is 1. The largest absolute Gasteiger partial charge is 0.383 e. The van der Waals surface area contributed by atoms with Crippen molar-refractivity contribution in [1.82, 2.24) is 14.4 Å². The van der Waals surface area contributed by atoms with Crippen LogP contribution in [0.1, 0.15) is 24.8 Å². The third kappa shape index (κ3) is 3.76. The number of hydrogen-bond donors (Lipinski definition) is 0. The second-order valence-electron chi connectivity index (χ2n) is 8.40. The van der Waals surface area contributed by atoms with Crippen LogP contribution in [0.25, 0.3) is 10.9 Å². The molecule has 27 heavy (non-hydrogen) atoms.